The van der Waals surface area contributed by atoms with Crippen molar-refractivity contribution in [3.05, 3.63) is 33.6 Å². The summed E-state index contributed by atoms with van der Waals surface area (Å²) in [6.45, 7) is 1.17. The van der Waals surface area contributed by atoms with Gasteiger partial charge in [0.05, 0.1) is 9.82 Å². The fourth-order valence-electron chi connectivity index (χ4n) is 1.56. The molecule has 0 unspecified atom stereocenters. The number of carbonyl (C=O) groups excluding carboxylic acids is 1. The van der Waals surface area contributed by atoms with Crippen LogP contribution in [0.5, 0.6) is 0 Å². The Morgan fingerprint density at radius 1 is 1.48 bits per heavy atom. The molecule has 1 amide bonds. The van der Waals surface area contributed by atoms with Gasteiger partial charge in [-0.3, -0.25) is 14.9 Å². The smallest absolute Gasteiger partial charge is 0.306 e. The number of hydrogen-bond acceptors (Lipinski definition) is 5. The van der Waals surface area contributed by atoms with Gasteiger partial charge in [0, 0.05) is 19.0 Å². The van der Waals surface area contributed by atoms with E-state index in [0.29, 0.717) is 6.07 Å². The third-order valence-corrected chi connectivity index (χ3v) is 4.05. The van der Waals surface area contributed by atoms with Crippen LogP contribution < -0.4 is 10.5 Å². The first-order valence-electron chi connectivity index (χ1n) is 5.87. The zero-order valence-electron chi connectivity index (χ0n) is 11.1. The predicted octanol–water partition coefficient (Wildman–Crippen LogP) is 0.586. The van der Waals surface area contributed by atoms with Crippen LogP contribution in [0.1, 0.15) is 18.4 Å². The summed E-state index contributed by atoms with van der Waals surface area (Å²) in [7, 11) is -4.03. The average molecular weight is 319 g/mol. The van der Waals surface area contributed by atoms with Crippen molar-refractivity contribution in [1.82, 2.24) is 4.72 Å². The van der Waals surface area contributed by atoms with E-state index in [1.807, 2.05) is 0 Å². The molecule has 1 aromatic rings. The number of hydrogen-bond donors (Lipinski definition) is 2. The number of halogens is 1. The minimum Gasteiger partial charge on any atom is -0.370 e. The molecule has 1 rings (SSSR count). The lowest BCUT2D eigenvalue weighted by Crippen LogP contribution is -2.26. The topological polar surface area (TPSA) is 132 Å². The molecule has 0 heterocycles. The molecule has 21 heavy (non-hydrogen) atoms. The molecule has 0 bridgehead atoms. The van der Waals surface area contributed by atoms with Crippen LogP contribution in [0.2, 0.25) is 0 Å². The summed E-state index contributed by atoms with van der Waals surface area (Å²) < 4.78 is 39.6. The third kappa shape index (κ3) is 4.46. The van der Waals surface area contributed by atoms with Gasteiger partial charge in [-0.1, -0.05) is 0 Å². The summed E-state index contributed by atoms with van der Waals surface area (Å²) >= 11 is 0. The van der Waals surface area contributed by atoms with E-state index >= 15 is 0 Å². The van der Waals surface area contributed by atoms with Gasteiger partial charge in [0.25, 0.3) is 0 Å². The van der Waals surface area contributed by atoms with Crippen LogP contribution >= 0.6 is 0 Å². The second-order valence-electron chi connectivity index (χ2n) is 4.30. The first-order chi connectivity index (χ1) is 9.65. The second-order valence-corrected chi connectivity index (χ2v) is 6.06. The molecule has 0 fully saturated rings. The van der Waals surface area contributed by atoms with Crippen molar-refractivity contribution < 1.29 is 22.5 Å². The predicted molar refractivity (Wildman–Crippen MR) is 71.4 cm³/mol. The van der Waals surface area contributed by atoms with E-state index in [9.17, 15) is 27.7 Å². The molecule has 116 valence electrons. The second kappa shape index (κ2) is 6.59. The lowest BCUT2D eigenvalue weighted by molar-refractivity contribution is -0.387. The van der Waals surface area contributed by atoms with Crippen molar-refractivity contribution >= 4 is 21.6 Å². The van der Waals surface area contributed by atoms with Gasteiger partial charge in [-0.15, -0.1) is 0 Å². The first kappa shape index (κ1) is 17.0. The number of nitrogens with one attached hydrogen (secondary N) is 1. The minimum atomic E-state index is -4.03. The number of nitrogens with zero attached hydrogens (tertiary/aromatic N) is 1. The molecule has 1 aromatic carbocycles. The lowest BCUT2D eigenvalue weighted by Gasteiger charge is -2.08. The van der Waals surface area contributed by atoms with Crippen LogP contribution in [0.4, 0.5) is 10.1 Å². The Morgan fingerprint density at radius 2 is 2.10 bits per heavy atom. The Bertz CT molecular complexity index is 675. The Balaban J connectivity index is 2.98. The number of primary amides is 1. The van der Waals surface area contributed by atoms with Gasteiger partial charge in [-0.05, 0) is 25.0 Å². The van der Waals surface area contributed by atoms with Crippen molar-refractivity contribution in [3.8, 4) is 0 Å². The Kier molecular flexibility index (Phi) is 5.33. The molecule has 0 saturated heterocycles. The van der Waals surface area contributed by atoms with E-state index in [0.717, 1.165) is 6.07 Å². The maximum atomic E-state index is 13.5. The number of nitro groups is 1. The van der Waals surface area contributed by atoms with E-state index in [4.69, 9.17) is 5.73 Å². The van der Waals surface area contributed by atoms with Crippen molar-refractivity contribution in [1.29, 1.82) is 0 Å². The molecule has 0 aliphatic heterocycles. The van der Waals surface area contributed by atoms with Gasteiger partial charge in [0.1, 0.15) is 0 Å². The molecule has 0 radical (unpaired) electrons. The number of amides is 1. The monoisotopic (exact) mass is 319 g/mol. The molecule has 0 aromatic heterocycles. The van der Waals surface area contributed by atoms with Crippen LogP contribution in [0.25, 0.3) is 0 Å². The van der Waals surface area contributed by atoms with Crippen LogP contribution in [-0.2, 0) is 14.8 Å². The Morgan fingerprint density at radius 3 is 2.62 bits per heavy atom. The largest absolute Gasteiger partial charge is 0.370 e. The number of benzene rings is 1. The van der Waals surface area contributed by atoms with Crippen molar-refractivity contribution in [2.45, 2.75) is 24.7 Å². The molecule has 0 aliphatic rings. The van der Waals surface area contributed by atoms with Crippen LogP contribution in [0.15, 0.2) is 17.0 Å². The maximum absolute atomic E-state index is 13.5. The van der Waals surface area contributed by atoms with Gasteiger partial charge >= 0.3 is 5.69 Å². The lowest BCUT2D eigenvalue weighted by atomic mass is 10.2. The zero-order valence-corrected chi connectivity index (χ0v) is 11.9. The summed E-state index contributed by atoms with van der Waals surface area (Å²) in [6.07, 6.45) is 0.196. The van der Waals surface area contributed by atoms with Gasteiger partial charge in [-0.25, -0.2) is 13.1 Å². The molecule has 0 saturated carbocycles. The molecular weight excluding hydrogens is 305 g/mol. The number of nitrogens with two attached hydrogens (primary N) is 1. The van der Waals surface area contributed by atoms with Gasteiger partial charge in [-0.2, -0.15) is 4.39 Å². The van der Waals surface area contributed by atoms with Gasteiger partial charge in [0.2, 0.25) is 21.7 Å². The molecule has 10 heteroatoms. The molecule has 0 aliphatic carbocycles. The van der Waals surface area contributed by atoms with E-state index in [1.165, 1.54) is 6.92 Å². The van der Waals surface area contributed by atoms with E-state index < -0.39 is 37.3 Å². The van der Waals surface area contributed by atoms with Gasteiger partial charge < -0.3 is 5.73 Å². The summed E-state index contributed by atoms with van der Waals surface area (Å²) in [4.78, 5) is 19.8. The summed E-state index contributed by atoms with van der Waals surface area (Å²) in [5, 5.41) is 10.7. The minimum absolute atomic E-state index is 0.00507. The number of aryl methyl sites for hydroxylation is 1. The fourth-order valence-corrected chi connectivity index (χ4v) is 2.74. The van der Waals surface area contributed by atoms with E-state index in [1.54, 1.807) is 0 Å². The standard InChI is InChI=1S/C11H14FN3O5S/c1-7-5-8(6-9(11(7)12)15(17)18)21(19,20)14-4-2-3-10(13)16/h5-6,14H,2-4H2,1H3,(H2,13,16). The quantitative estimate of drug-likeness (QED) is 0.431. The third-order valence-electron chi connectivity index (χ3n) is 2.61. The number of rotatable bonds is 7. The van der Waals surface area contributed by atoms with Crippen molar-refractivity contribution in [2.24, 2.45) is 5.73 Å². The number of carbonyl (C=O) groups is 1. The Hall–Kier alpha value is -2.07. The summed E-state index contributed by atoms with van der Waals surface area (Å²) in [5.74, 6) is -1.64. The highest BCUT2D eigenvalue weighted by Crippen LogP contribution is 2.24. The van der Waals surface area contributed by atoms with E-state index in [2.05, 4.69) is 4.72 Å². The van der Waals surface area contributed by atoms with Crippen LogP contribution in [0, 0.1) is 22.9 Å². The van der Waals surface area contributed by atoms with Crippen molar-refractivity contribution in [2.75, 3.05) is 6.54 Å². The van der Waals surface area contributed by atoms with Gasteiger partial charge in [0.15, 0.2) is 0 Å². The molecular formula is C11H14FN3O5S. The summed E-state index contributed by atoms with van der Waals surface area (Å²) in [6, 6.07) is 1.65. The number of nitro benzene ring substituents is 1. The Labute approximate surface area is 120 Å². The first-order valence-corrected chi connectivity index (χ1v) is 7.36. The highest BCUT2D eigenvalue weighted by atomic mass is 32.2. The molecule has 0 spiro atoms. The SMILES string of the molecule is Cc1cc(S(=O)(=O)NCCCC(N)=O)cc([N+](=O)[O-])c1F. The highest BCUT2D eigenvalue weighted by Gasteiger charge is 2.23. The van der Waals surface area contributed by atoms with Crippen molar-refractivity contribution in [3.63, 3.8) is 0 Å². The average Bonchev–Trinajstić information content (AvgIpc) is 2.37. The maximum Gasteiger partial charge on any atom is 0.306 e. The van der Waals surface area contributed by atoms with Crippen LogP contribution in [-0.4, -0.2) is 25.8 Å². The molecule has 3 N–H and O–H groups in total. The number of sulfonamides is 1. The van der Waals surface area contributed by atoms with E-state index in [-0.39, 0.29) is 24.9 Å². The fraction of sp³-hybridized carbons (Fsp3) is 0.364. The molecule has 8 nitrogen and oxygen atoms in total. The summed E-state index contributed by atoms with van der Waals surface area (Å²) in [5.41, 5.74) is 3.85. The zero-order chi connectivity index (χ0) is 16.2. The normalized spacial score (nSPS) is 11.3. The molecule has 0 atom stereocenters. The van der Waals surface area contributed by atoms with Crippen LogP contribution in [0.3, 0.4) is 0 Å². The highest BCUT2D eigenvalue weighted by molar-refractivity contribution is 7.89.